The molecular weight excluding hydrogens is 348 g/mol. The summed E-state index contributed by atoms with van der Waals surface area (Å²) in [5.41, 5.74) is 0.173. The van der Waals surface area contributed by atoms with Crippen LogP contribution in [0, 0.1) is 0 Å². The number of rotatable bonds is 3. The molecule has 0 radical (unpaired) electrons. The fraction of sp³-hybridized carbons (Fsp3) is 0.222. The highest BCUT2D eigenvalue weighted by atomic mass is 79.9. The minimum Gasteiger partial charge on any atom is -0.506 e. The molecule has 2 atom stereocenters. The van der Waals surface area contributed by atoms with E-state index in [2.05, 4.69) is 31.9 Å². The van der Waals surface area contributed by atoms with Crippen molar-refractivity contribution in [2.45, 2.75) is 12.2 Å². The van der Waals surface area contributed by atoms with Crippen LogP contribution in [0.2, 0.25) is 0 Å². The van der Waals surface area contributed by atoms with Crippen LogP contribution in [0.5, 0.6) is 5.75 Å². The van der Waals surface area contributed by atoms with Crippen molar-refractivity contribution in [3.63, 3.8) is 0 Å². The van der Waals surface area contributed by atoms with E-state index in [9.17, 15) is 15.0 Å². The van der Waals surface area contributed by atoms with Gasteiger partial charge < -0.3 is 20.4 Å². The average molecular weight is 356 g/mol. The van der Waals surface area contributed by atoms with Gasteiger partial charge in [-0.25, -0.2) is 4.79 Å². The lowest BCUT2D eigenvalue weighted by Crippen LogP contribution is -2.27. The number of aliphatic hydroxyl groups is 2. The van der Waals surface area contributed by atoms with Gasteiger partial charge in [0.2, 0.25) is 0 Å². The third kappa shape index (κ3) is 2.73. The Labute approximate surface area is 108 Å². The maximum Gasteiger partial charge on any atom is 0.335 e. The number of benzene rings is 1. The molecule has 0 aromatic heterocycles. The van der Waals surface area contributed by atoms with Crippen LogP contribution in [0.1, 0.15) is 11.7 Å². The lowest BCUT2D eigenvalue weighted by atomic mass is 10.0. The first-order chi connectivity index (χ1) is 7.34. The Kier molecular flexibility index (Phi) is 4.31. The van der Waals surface area contributed by atoms with E-state index in [-0.39, 0.29) is 20.3 Å². The number of phenols is 1. The molecule has 0 bridgehead atoms. The number of hydrogen-bond donors (Lipinski definition) is 4. The van der Waals surface area contributed by atoms with Crippen LogP contribution in [0.4, 0.5) is 0 Å². The molecule has 4 N–H and O–H groups in total. The molecule has 5 nitrogen and oxygen atoms in total. The molecule has 88 valence electrons. The summed E-state index contributed by atoms with van der Waals surface area (Å²) in [6, 6.07) is 2.66. The predicted octanol–water partition coefficient (Wildman–Crippen LogP) is 1.40. The van der Waals surface area contributed by atoms with Crippen molar-refractivity contribution in [3.05, 3.63) is 26.6 Å². The van der Waals surface area contributed by atoms with E-state index in [1.807, 2.05) is 0 Å². The van der Waals surface area contributed by atoms with E-state index in [0.717, 1.165) is 0 Å². The molecule has 7 heteroatoms. The summed E-state index contributed by atoms with van der Waals surface area (Å²) >= 11 is 6.06. The monoisotopic (exact) mass is 354 g/mol. The summed E-state index contributed by atoms with van der Waals surface area (Å²) in [6.07, 6.45) is -3.48. The van der Waals surface area contributed by atoms with Crippen molar-refractivity contribution in [2.24, 2.45) is 0 Å². The fourth-order valence-corrected chi connectivity index (χ4v) is 2.30. The second-order valence-electron chi connectivity index (χ2n) is 3.06. The molecule has 0 fully saturated rings. The Morgan fingerprint density at radius 3 is 2.00 bits per heavy atom. The van der Waals surface area contributed by atoms with Crippen molar-refractivity contribution in [1.29, 1.82) is 0 Å². The Hall–Kier alpha value is -0.630. The van der Waals surface area contributed by atoms with Gasteiger partial charge in [-0.15, -0.1) is 0 Å². The molecule has 16 heavy (non-hydrogen) atoms. The van der Waals surface area contributed by atoms with Gasteiger partial charge in [-0.2, -0.15) is 0 Å². The topological polar surface area (TPSA) is 98.0 Å². The fourth-order valence-electron chi connectivity index (χ4n) is 1.07. The van der Waals surface area contributed by atoms with Crippen molar-refractivity contribution >= 4 is 37.8 Å². The first-order valence-electron chi connectivity index (χ1n) is 4.11. The molecular formula is C9H8Br2O5. The minimum absolute atomic E-state index is 0.0687. The summed E-state index contributed by atoms with van der Waals surface area (Å²) < 4.78 is 0.571. The number of aromatic hydroxyl groups is 1. The molecule has 1 aromatic carbocycles. The summed E-state index contributed by atoms with van der Waals surface area (Å²) in [7, 11) is 0. The van der Waals surface area contributed by atoms with Gasteiger partial charge in [-0.05, 0) is 49.6 Å². The van der Waals surface area contributed by atoms with Gasteiger partial charge in [0.05, 0.1) is 8.95 Å². The first kappa shape index (κ1) is 13.4. The number of halogens is 2. The largest absolute Gasteiger partial charge is 0.506 e. The standard InChI is InChI=1S/C9H8Br2O5/c10-4-1-3(2-5(11)7(4)13)6(12)8(14)9(15)16/h1-2,6,8,12-14H,(H,15,16). The number of carboxylic acids is 1. The second-order valence-corrected chi connectivity index (χ2v) is 4.77. The molecule has 0 aliphatic carbocycles. The van der Waals surface area contributed by atoms with Crippen molar-refractivity contribution < 1.29 is 25.2 Å². The molecule has 0 aliphatic rings. The minimum atomic E-state index is -1.91. The molecule has 2 unspecified atom stereocenters. The summed E-state index contributed by atoms with van der Waals surface area (Å²) in [4.78, 5) is 10.5. The first-order valence-corrected chi connectivity index (χ1v) is 5.70. The van der Waals surface area contributed by atoms with E-state index in [4.69, 9.17) is 10.2 Å². The number of carbonyl (C=O) groups is 1. The number of hydrogen-bond acceptors (Lipinski definition) is 4. The zero-order valence-corrected chi connectivity index (χ0v) is 10.9. The Balaban J connectivity index is 3.10. The van der Waals surface area contributed by atoms with Gasteiger partial charge in [0.15, 0.2) is 6.10 Å². The van der Waals surface area contributed by atoms with Crippen molar-refractivity contribution in [1.82, 2.24) is 0 Å². The Bertz CT molecular complexity index is 397. The van der Waals surface area contributed by atoms with Crippen LogP contribution < -0.4 is 0 Å². The summed E-state index contributed by atoms with van der Waals surface area (Å²) in [5, 5.41) is 36.6. The zero-order valence-electron chi connectivity index (χ0n) is 7.76. The van der Waals surface area contributed by atoms with E-state index < -0.39 is 18.2 Å². The Morgan fingerprint density at radius 2 is 1.62 bits per heavy atom. The maximum absolute atomic E-state index is 10.5. The van der Waals surface area contributed by atoms with Crippen LogP contribution in [0.15, 0.2) is 21.1 Å². The van der Waals surface area contributed by atoms with Gasteiger partial charge in [0, 0.05) is 0 Å². The number of aliphatic hydroxyl groups excluding tert-OH is 2. The number of carboxylic acid groups (broad SMARTS) is 1. The third-order valence-electron chi connectivity index (χ3n) is 1.93. The maximum atomic E-state index is 10.5. The molecule has 0 aliphatic heterocycles. The van der Waals surface area contributed by atoms with Crippen LogP contribution >= 0.6 is 31.9 Å². The molecule has 0 saturated carbocycles. The van der Waals surface area contributed by atoms with Gasteiger partial charge in [-0.3, -0.25) is 0 Å². The molecule has 0 amide bonds. The molecule has 0 heterocycles. The quantitative estimate of drug-likeness (QED) is 0.657. The average Bonchev–Trinajstić information content (AvgIpc) is 2.22. The normalized spacial score (nSPS) is 14.5. The zero-order chi connectivity index (χ0) is 12.5. The van der Waals surface area contributed by atoms with E-state index in [1.54, 1.807) is 0 Å². The molecule has 1 aromatic rings. The van der Waals surface area contributed by atoms with E-state index >= 15 is 0 Å². The molecule has 1 rings (SSSR count). The van der Waals surface area contributed by atoms with Crippen LogP contribution in [-0.2, 0) is 4.79 Å². The number of phenolic OH excluding ortho intramolecular Hbond substituents is 1. The van der Waals surface area contributed by atoms with Crippen LogP contribution in [0.3, 0.4) is 0 Å². The van der Waals surface area contributed by atoms with E-state index in [0.29, 0.717) is 0 Å². The highest BCUT2D eigenvalue weighted by molar-refractivity contribution is 9.11. The highest BCUT2D eigenvalue weighted by Crippen LogP contribution is 2.35. The van der Waals surface area contributed by atoms with Crippen molar-refractivity contribution in [3.8, 4) is 5.75 Å². The number of aliphatic carboxylic acids is 1. The third-order valence-corrected chi connectivity index (χ3v) is 3.14. The lowest BCUT2D eigenvalue weighted by molar-refractivity contribution is -0.153. The summed E-state index contributed by atoms with van der Waals surface area (Å²) in [5.74, 6) is -1.59. The van der Waals surface area contributed by atoms with E-state index in [1.165, 1.54) is 12.1 Å². The summed E-state index contributed by atoms with van der Waals surface area (Å²) in [6.45, 7) is 0. The predicted molar refractivity (Wildman–Crippen MR) is 62.1 cm³/mol. The van der Waals surface area contributed by atoms with Crippen LogP contribution in [-0.4, -0.2) is 32.5 Å². The van der Waals surface area contributed by atoms with Crippen LogP contribution in [0.25, 0.3) is 0 Å². The Morgan fingerprint density at radius 1 is 1.19 bits per heavy atom. The SMILES string of the molecule is O=C(O)C(O)C(O)c1cc(Br)c(O)c(Br)c1. The molecule has 0 saturated heterocycles. The van der Waals surface area contributed by atoms with Gasteiger partial charge in [-0.1, -0.05) is 0 Å². The lowest BCUT2D eigenvalue weighted by Gasteiger charge is -2.15. The smallest absolute Gasteiger partial charge is 0.335 e. The second kappa shape index (κ2) is 5.13. The van der Waals surface area contributed by atoms with Gasteiger partial charge in [0.25, 0.3) is 0 Å². The van der Waals surface area contributed by atoms with Gasteiger partial charge in [0.1, 0.15) is 11.9 Å². The molecule has 0 spiro atoms. The van der Waals surface area contributed by atoms with Gasteiger partial charge >= 0.3 is 5.97 Å². The highest BCUT2D eigenvalue weighted by Gasteiger charge is 2.26. The van der Waals surface area contributed by atoms with Crippen molar-refractivity contribution in [2.75, 3.05) is 0 Å².